The number of carbonyl (C=O) groups excluding carboxylic acids is 3. The Morgan fingerprint density at radius 2 is 1.50 bits per heavy atom. The Morgan fingerprint density at radius 1 is 0.824 bits per heavy atom. The molecule has 1 aliphatic carbocycles. The molecule has 4 N–H and O–H groups in total. The molecule has 0 unspecified atom stereocenters. The third-order valence-corrected chi connectivity index (χ3v) is 5.71. The van der Waals surface area contributed by atoms with E-state index in [-0.39, 0.29) is 30.2 Å². The van der Waals surface area contributed by atoms with Crippen LogP contribution in [-0.4, -0.2) is 24.3 Å². The van der Waals surface area contributed by atoms with Crippen molar-refractivity contribution in [1.82, 2.24) is 5.32 Å². The molecule has 0 saturated heterocycles. The quantitative estimate of drug-likeness (QED) is 0.385. The second-order valence-electron chi connectivity index (χ2n) is 8.39. The molecule has 3 aromatic carbocycles. The molecule has 0 aromatic heterocycles. The van der Waals surface area contributed by atoms with Gasteiger partial charge in [0, 0.05) is 35.1 Å². The first-order chi connectivity index (χ1) is 16.5. The summed E-state index contributed by atoms with van der Waals surface area (Å²) < 4.78 is 0. The molecular weight excluding hydrogens is 428 g/mol. The van der Waals surface area contributed by atoms with Gasteiger partial charge in [-0.2, -0.15) is 0 Å². The van der Waals surface area contributed by atoms with Crippen molar-refractivity contribution in [2.45, 2.75) is 26.3 Å². The monoisotopic (exact) mass is 456 g/mol. The molecule has 3 amide bonds. The molecule has 0 aliphatic heterocycles. The van der Waals surface area contributed by atoms with E-state index in [0.717, 1.165) is 29.7 Å². The van der Waals surface area contributed by atoms with Crippen molar-refractivity contribution in [3.8, 4) is 0 Å². The van der Waals surface area contributed by atoms with Crippen molar-refractivity contribution in [2.24, 2.45) is 5.92 Å². The van der Waals surface area contributed by atoms with Gasteiger partial charge in [-0.3, -0.25) is 14.4 Å². The minimum absolute atomic E-state index is 0.0328. The Balaban J connectivity index is 1.26. The van der Waals surface area contributed by atoms with Crippen LogP contribution in [0.4, 0.5) is 17.1 Å². The lowest BCUT2D eigenvalue weighted by Gasteiger charge is -2.14. The van der Waals surface area contributed by atoms with E-state index in [4.69, 9.17) is 0 Å². The third-order valence-electron chi connectivity index (χ3n) is 5.71. The zero-order chi connectivity index (χ0) is 23.9. The number of hydrogen-bond donors (Lipinski definition) is 4. The third kappa shape index (κ3) is 6.22. The largest absolute Gasteiger partial charge is 0.376 e. The van der Waals surface area contributed by atoms with Crippen LogP contribution in [0.25, 0.3) is 0 Å². The van der Waals surface area contributed by atoms with Gasteiger partial charge in [-0.1, -0.05) is 36.4 Å². The van der Waals surface area contributed by atoms with E-state index in [2.05, 4.69) is 21.3 Å². The molecule has 3 aromatic rings. The summed E-state index contributed by atoms with van der Waals surface area (Å²) in [6.45, 7) is 2.40. The van der Waals surface area contributed by atoms with Gasteiger partial charge >= 0.3 is 0 Å². The maximum absolute atomic E-state index is 12.5. The Bertz CT molecular complexity index is 1170. The summed E-state index contributed by atoms with van der Waals surface area (Å²) in [6.07, 6.45) is 1.87. The summed E-state index contributed by atoms with van der Waals surface area (Å²) in [6, 6.07) is 22.1. The normalized spacial score (nSPS) is 12.5. The molecule has 174 valence electrons. The predicted molar refractivity (Wildman–Crippen MR) is 134 cm³/mol. The Kier molecular flexibility index (Phi) is 7.22. The highest BCUT2D eigenvalue weighted by Gasteiger charge is 2.29. The highest BCUT2D eigenvalue weighted by atomic mass is 16.2. The number of rotatable bonds is 9. The summed E-state index contributed by atoms with van der Waals surface area (Å²) in [5, 5.41) is 11.8. The Morgan fingerprint density at radius 3 is 2.18 bits per heavy atom. The molecule has 1 saturated carbocycles. The van der Waals surface area contributed by atoms with Crippen LogP contribution >= 0.6 is 0 Å². The van der Waals surface area contributed by atoms with E-state index in [1.165, 1.54) is 0 Å². The van der Waals surface area contributed by atoms with Crippen LogP contribution in [0.15, 0.2) is 72.8 Å². The molecule has 0 spiro atoms. The average Bonchev–Trinajstić information content (AvgIpc) is 3.70. The highest BCUT2D eigenvalue weighted by Crippen LogP contribution is 2.31. The molecule has 1 fully saturated rings. The van der Waals surface area contributed by atoms with Crippen LogP contribution in [0.3, 0.4) is 0 Å². The van der Waals surface area contributed by atoms with Crippen LogP contribution in [0.2, 0.25) is 0 Å². The summed E-state index contributed by atoms with van der Waals surface area (Å²) in [7, 11) is 0. The van der Waals surface area contributed by atoms with Gasteiger partial charge in [-0.05, 0) is 67.3 Å². The van der Waals surface area contributed by atoms with Crippen molar-refractivity contribution in [3.63, 3.8) is 0 Å². The summed E-state index contributed by atoms with van der Waals surface area (Å²) in [5.41, 5.74) is 4.50. The number of amides is 3. The van der Waals surface area contributed by atoms with E-state index < -0.39 is 0 Å². The molecule has 4 rings (SSSR count). The smallest absolute Gasteiger partial charge is 0.251 e. The summed E-state index contributed by atoms with van der Waals surface area (Å²) in [4.78, 5) is 36.9. The van der Waals surface area contributed by atoms with Crippen LogP contribution in [0.1, 0.15) is 34.3 Å². The number of nitrogens with one attached hydrogen (secondary N) is 4. The lowest BCUT2D eigenvalue weighted by Crippen LogP contribution is -2.23. The first-order valence-electron chi connectivity index (χ1n) is 11.4. The molecule has 0 atom stereocenters. The van der Waals surface area contributed by atoms with Crippen molar-refractivity contribution in [2.75, 3.05) is 22.5 Å². The minimum Gasteiger partial charge on any atom is -0.376 e. The zero-order valence-electron chi connectivity index (χ0n) is 19.1. The molecule has 0 heterocycles. The topological polar surface area (TPSA) is 99.3 Å². The van der Waals surface area contributed by atoms with Crippen LogP contribution in [-0.2, 0) is 16.1 Å². The Labute approximate surface area is 199 Å². The number of anilines is 3. The van der Waals surface area contributed by atoms with Gasteiger partial charge in [0.05, 0.1) is 6.54 Å². The van der Waals surface area contributed by atoms with E-state index in [0.29, 0.717) is 23.5 Å². The fraction of sp³-hybridized carbons (Fsp3) is 0.222. The number of benzene rings is 3. The molecule has 34 heavy (non-hydrogen) atoms. The molecule has 7 heteroatoms. The van der Waals surface area contributed by atoms with Crippen molar-refractivity contribution in [1.29, 1.82) is 0 Å². The van der Waals surface area contributed by atoms with Crippen LogP contribution in [0, 0.1) is 12.8 Å². The first kappa shape index (κ1) is 23.0. The maximum Gasteiger partial charge on any atom is 0.251 e. The second kappa shape index (κ2) is 10.7. The van der Waals surface area contributed by atoms with E-state index in [1.54, 1.807) is 30.3 Å². The van der Waals surface area contributed by atoms with Gasteiger partial charge in [-0.25, -0.2) is 0 Å². The standard InChI is InChI=1S/C27H28N4O3/c1-18-23(8-5-9-24(18)31-27(34)21-10-11-21)30-25(32)17-28-22-14-12-20(13-15-22)26(33)29-16-19-6-3-2-4-7-19/h2-9,12-15,21,28H,10-11,16-17H2,1H3,(H,29,33)(H,30,32)(H,31,34). The van der Waals surface area contributed by atoms with E-state index in [9.17, 15) is 14.4 Å². The van der Waals surface area contributed by atoms with Gasteiger partial charge in [0.1, 0.15) is 0 Å². The number of carbonyl (C=O) groups is 3. The molecule has 0 radical (unpaired) electrons. The van der Waals surface area contributed by atoms with Crippen molar-refractivity contribution >= 4 is 34.8 Å². The van der Waals surface area contributed by atoms with Gasteiger partial charge in [0.2, 0.25) is 11.8 Å². The lowest BCUT2D eigenvalue weighted by atomic mass is 10.1. The predicted octanol–water partition coefficient (Wildman–Crippen LogP) is 4.32. The SMILES string of the molecule is Cc1c(NC(=O)CNc2ccc(C(=O)NCc3ccccc3)cc2)cccc1NC(=O)C1CC1. The average molecular weight is 457 g/mol. The van der Waals surface area contributed by atoms with Crippen LogP contribution < -0.4 is 21.3 Å². The van der Waals surface area contributed by atoms with Crippen LogP contribution in [0.5, 0.6) is 0 Å². The molecule has 0 bridgehead atoms. The van der Waals surface area contributed by atoms with Gasteiger partial charge in [0.25, 0.3) is 5.91 Å². The van der Waals surface area contributed by atoms with Gasteiger partial charge in [0.15, 0.2) is 0 Å². The fourth-order valence-electron chi connectivity index (χ4n) is 3.48. The van der Waals surface area contributed by atoms with E-state index in [1.807, 2.05) is 49.4 Å². The lowest BCUT2D eigenvalue weighted by molar-refractivity contribution is -0.117. The molecular formula is C27H28N4O3. The van der Waals surface area contributed by atoms with Gasteiger partial charge < -0.3 is 21.3 Å². The van der Waals surface area contributed by atoms with Crippen molar-refractivity contribution < 1.29 is 14.4 Å². The highest BCUT2D eigenvalue weighted by molar-refractivity contribution is 5.98. The molecule has 7 nitrogen and oxygen atoms in total. The Hall–Kier alpha value is -4.13. The summed E-state index contributed by atoms with van der Waals surface area (Å²) >= 11 is 0. The van der Waals surface area contributed by atoms with E-state index >= 15 is 0 Å². The fourth-order valence-corrected chi connectivity index (χ4v) is 3.48. The maximum atomic E-state index is 12.5. The first-order valence-corrected chi connectivity index (χ1v) is 11.4. The minimum atomic E-state index is -0.210. The summed E-state index contributed by atoms with van der Waals surface area (Å²) in [5.74, 6) is -0.218. The number of hydrogen-bond acceptors (Lipinski definition) is 4. The molecule has 1 aliphatic rings. The zero-order valence-corrected chi connectivity index (χ0v) is 19.1. The van der Waals surface area contributed by atoms with Crippen molar-refractivity contribution in [3.05, 3.63) is 89.5 Å². The van der Waals surface area contributed by atoms with Gasteiger partial charge in [-0.15, -0.1) is 0 Å². The second-order valence-corrected chi connectivity index (χ2v) is 8.39.